The molecule has 2 aromatic heterocycles. The second-order valence-electron chi connectivity index (χ2n) is 4.45. The molecule has 0 fully saturated rings. The number of pyridine rings is 1. The zero-order valence-electron chi connectivity index (χ0n) is 10.7. The van der Waals surface area contributed by atoms with E-state index in [2.05, 4.69) is 17.0 Å². The Hall–Kier alpha value is -2.20. The van der Waals surface area contributed by atoms with E-state index in [1.165, 1.54) is 0 Å². The molecule has 0 saturated carbocycles. The lowest BCUT2D eigenvalue weighted by atomic mass is 10.0. The molecule has 0 spiro atoms. The average Bonchev–Trinajstić information content (AvgIpc) is 2.94. The summed E-state index contributed by atoms with van der Waals surface area (Å²) in [6, 6.07) is 7.81. The molecule has 3 aromatic rings. The third kappa shape index (κ3) is 2.11. The Morgan fingerprint density at radius 2 is 2.16 bits per heavy atom. The molecule has 3 rings (SSSR count). The Kier molecular flexibility index (Phi) is 3.01. The Bertz CT molecular complexity index is 718. The second kappa shape index (κ2) is 4.82. The van der Waals surface area contributed by atoms with Gasteiger partial charge in [-0.2, -0.15) is 5.10 Å². The van der Waals surface area contributed by atoms with E-state index in [0.29, 0.717) is 0 Å². The molecular formula is C15H15N3O. The van der Waals surface area contributed by atoms with Gasteiger partial charge >= 0.3 is 0 Å². The van der Waals surface area contributed by atoms with Crippen LogP contribution in [0.2, 0.25) is 0 Å². The van der Waals surface area contributed by atoms with Gasteiger partial charge in [-0.15, -0.1) is 0 Å². The van der Waals surface area contributed by atoms with Crippen LogP contribution in [-0.2, 0) is 13.2 Å². The maximum Gasteiger partial charge on any atom is 0.0708 e. The molecule has 0 aliphatic carbocycles. The molecule has 0 amide bonds. The third-order valence-corrected chi connectivity index (χ3v) is 3.26. The van der Waals surface area contributed by atoms with Crippen molar-refractivity contribution in [3.63, 3.8) is 0 Å². The summed E-state index contributed by atoms with van der Waals surface area (Å²) in [5.74, 6) is 0. The SMILES string of the molecule is CCn1cc(-c2ccnc3ccc(CO)cc23)cn1. The Morgan fingerprint density at radius 1 is 1.26 bits per heavy atom. The average molecular weight is 253 g/mol. The van der Waals surface area contributed by atoms with Gasteiger partial charge in [-0.05, 0) is 36.2 Å². The molecule has 0 unspecified atom stereocenters. The highest BCUT2D eigenvalue weighted by atomic mass is 16.3. The van der Waals surface area contributed by atoms with Crippen LogP contribution in [0.5, 0.6) is 0 Å². The molecule has 0 saturated heterocycles. The second-order valence-corrected chi connectivity index (χ2v) is 4.45. The van der Waals surface area contributed by atoms with E-state index in [0.717, 1.165) is 34.1 Å². The van der Waals surface area contributed by atoms with Gasteiger partial charge in [0.25, 0.3) is 0 Å². The predicted molar refractivity (Wildman–Crippen MR) is 74.6 cm³/mol. The minimum atomic E-state index is 0.0402. The minimum Gasteiger partial charge on any atom is -0.392 e. The van der Waals surface area contributed by atoms with Crippen molar-refractivity contribution >= 4 is 10.9 Å². The highest BCUT2D eigenvalue weighted by molar-refractivity contribution is 5.94. The molecular weight excluding hydrogens is 238 g/mol. The van der Waals surface area contributed by atoms with Crippen molar-refractivity contribution in [3.05, 3.63) is 48.4 Å². The first kappa shape index (κ1) is 11.9. The molecule has 96 valence electrons. The third-order valence-electron chi connectivity index (χ3n) is 3.26. The maximum absolute atomic E-state index is 9.26. The van der Waals surface area contributed by atoms with Gasteiger partial charge in [0, 0.05) is 29.9 Å². The summed E-state index contributed by atoms with van der Waals surface area (Å²) < 4.78 is 1.90. The summed E-state index contributed by atoms with van der Waals surface area (Å²) in [6.45, 7) is 2.95. The highest BCUT2D eigenvalue weighted by Crippen LogP contribution is 2.27. The molecule has 2 heterocycles. The van der Waals surface area contributed by atoms with Crippen molar-refractivity contribution in [3.8, 4) is 11.1 Å². The van der Waals surface area contributed by atoms with E-state index in [4.69, 9.17) is 0 Å². The minimum absolute atomic E-state index is 0.0402. The van der Waals surface area contributed by atoms with Crippen molar-refractivity contribution in [1.82, 2.24) is 14.8 Å². The first-order valence-corrected chi connectivity index (χ1v) is 6.33. The number of benzene rings is 1. The molecule has 19 heavy (non-hydrogen) atoms. The van der Waals surface area contributed by atoms with Crippen LogP contribution < -0.4 is 0 Å². The standard InChI is InChI=1S/C15H15N3O/c1-2-18-9-12(8-17-18)13-5-6-16-15-4-3-11(10-19)7-14(13)15/h3-9,19H,2,10H2,1H3. The monoisotopic (exact) mass is 253 g/mol. The van der Waals surface area contributed by atoms with Crippen LogP contribution in [0.3, 0.4) is 0 Å². The lowest BCUT2D eigenvalue weighted by molar-refractivity contribution is 0.282. The fourth-order valence-corrected chi connectivity index (χ4v) is 2.22. The Labute approximate surface area is 111 Å². The van der Waals surface area contributed by atoms with E-state index in [1.54, 1.807) is 6.20 Å². The summed E-state index contributed by atoms with van der Waals surface area (Å²) in [7, 11) is 0. The summed E-state index contributed by atoms with van der Waals surface area (Å²) in [5, 5.41) is 14.6. The number of hydrogen-bond donors (Lipinski definition) is 1. The van der Waals surface area contributed by atoms with Crippen LogP contribution >= 0.6 is 0 Å². The van der Waals surface area contributed by atoms with E-state index in [-0.39, 0.29) is 6.61 Å². The van der Waals surface area contributed by atoms with Gasteiger partial charge in [0.05, 0.1) is 18.3 Å². The smallest absolute Gasteiger partial charge is 0.0708 e. The number of aliphatic hydroxyl groups is 1. The first-order valence-electron chi connectivity index (χ1n) is 6.33. The first-order chi connectivity index (χ1) is 9.31. The van der Waals surface area contributed by atoms with E-state index in [9.17, 15) is 5.11 Å². The van der Waals surface area contributed by atoms with Gasteiger partial charge in [-0.3, -0.25) is 9.67 Å². The van der Waals surface area contributed by atoms with E-state index < -0.39 is 0 Å². The van der Waals surface area contributed by atoms with Crippen molar-refractivity contribution < 1.29 is 5.11 Å². The Balaban J connectivity index is 2.21. The summed E-state index contributed by atoms with van der Waals surface area (Å²) in [4.78, 5) is 4.36. The molecule has 0 radical (unpaired) electrons. The number of fused-ring (bicyclic) bond motifs is 1. The topological polar surface area (TPSA) is 50.9 Å². The fourth-order valence-electron chi connectivity index (χ4n) is 2.22. The summed E-state index contributed by atoms with van der Waals surface area (Å²) in [5.41, 5.74) is 3.99. The zero-order chi connectivity index (χ0) is 13.2. The zero-order valence-corrected chi connectivity index (χ0v) is 10.7. The highest BCUT2D eigenvalue weighted by Gasteiger charge is 2.07. The van der Waals surface area contributed by atoms with Crippen molar-refractivity contribution in [2.24, 2.45) is 0 Å². The number of rotatable bonds is 3. The number of hydrogen-bond acceptors (Lipinski definition) is 3. The summed E-state index contributed by atoms with van der Waals surface area (Å²) in [6.07, 6.45) is 5.70. The molecule has 1 N–H and O–H groups in total. The van der Waals surface area contributed by atoms with Gasteiger partial charge in [-0.25, -0.2) is 0 Å². The molecule has 4 heteroatoms. The van der Waals surface area contributed by atoms with Crippen LogP contribution in [0.1, 0.15) is 12.5 Å². The van der Waals surface area contributed by atoms with Gasteiger partial charge in [0.2, 0.25) is 0 Å². The van der Waals surface area contributed by atoms with E-state index in [1.807, 2.05) is 41.3 Å². The van der Waals surface area contributed by atoms with Gasteiger partial charge in [0.15, 0.2) is 0 Å². The molecule has 1 aromatic carbocycles. The molecule has 0 bridgehead atoms. The van der Waals surface area contributed by atoms with Crippen molar-refractivity contribution in [1.29, 1.82) is 0 Å². The normalized spacial score (nSPS) is 11.1. The van der Waals surface area contributed by atoms with E-state index >= 15 is 0 Å². The molecule has 4 nitrogen and oxygen atoms in total. The molecule has 0 aliphatic rings. The fraction of sp³-hybridized carbons (Fsp3) is 0.200. The van der Waals surface area contributed by atoms with Crippen molar-refractivity contribution in [2.45, 2.75) is 20.1 Å². The van der Waals surface area contributed by atoms with Gasteiger partial charge in [0.1, 0.15) is 0 Å². The maximum atomic E-state index is 9.26. The van der Waals surface area contributed by atoms with Crippen LogP contribution in [-0.4, -0.2) is 19.9 Å². The van der Waals surface area contributed by atoms with Crippen LogP contribution in [0, 0.1) is 0 Å². The number of aliphatic hydroxyl groups excluding tert-OH is 1. The quantitative estimate of drug-likeness (QED) is 0.780. The lowest BCUT2D eigenvalue weighted by Crippen LogP contribution is -1.92. The Morgan fingerprint density at radius 3 is 2.89 bits per heavy atom. The predicted octanol–water partition coefficient (Wildman–Crippen LogP) is 2.61. The van der Waals surface area contributed by atoms with Crippen LogP contribution in [0.15, 0.2) is 42.9 Å². The molecule has 0 atom stereocenters. The van der Waals surface area contributed by atoms with Crippen LogP contribution in [0.25, 0.3) is 22.0 Å². The van der Waals surface area contributed by atoms with Crippen molar-refractivity contribution in [2.75, 3.05) is 0 Å². The number of aromatic nitrogens is 3. The lowest BCUT2D eigenvalue weighted by Gasteiger charge is -2.05. The van der Waals surface area contributed by atoms with Crippen LogP contribution in [0.4, 0.5) is 0 Å². The van der Waals surface area contributed by atoms with Gasteiger partial charge in [-0.1, -0.05) is 6.07 Å². The number of aryl methyl sites for hydroxylation is 1. The largest absolute Gasteiger partial charge is 0.392 e. The summed E-state index contributed by atoms with van der Waals surface area (Å²) >= 11 is 0. The number of nitrogens with zero attached hydrogens (tertiary/aromatic N) is 3. The molecule has 0 aliphatic heterocycles. The van der Waals surface area contributed by atoms with Gasteiger partial charge < -0.3 is 5.11 Å².